The van der Waals surface area contributed by atoms with Crippen LogP contribution in [-0.2, 0) is 6.18 Å². The van der Waals surface area contributed by atoms with Crippen LogP contribution in [0.15, 0.2) is 0 Å². The third-order valence-electron chi connectivity index (χ3n) is 0.707. The highest BCUT2D eigenvalue weighted by Gasteiger charge is 2.34. The molecule has 0 saturated heterocycles. The fourth-order valence-corrected chi connectivity index (χ4v) is 1.05. The predicted octanol–water partition coefficient (Wildman–Crippen LogP) is 2.22. The van der Waals surface area contributed by atoms with E-state index in [-0.39, 0.29) is 3.95 Å². The molecule has 1 aromatic heterocycles. The number of rotatable bonds is 0. The van der Waals surface area contributed by atoms with Crippen molar-refractivity contribution in [1.29, 1.82) is 0 Å². The molecule has 0 unspecified atom stereocenters. The van der Waals surface area contributed by atoms with E-state index in [0.717, 1.165) is 0 Å². The Labute approximate surface area is 62.9 Å². The lowest BCUT2D eigenvalue weighted by Crippen LogP contribution is -2.06. The fraction of sp³-hybridized carbons (Fsp3) is 0.333. The smallest absolute Gasteiger partial charge is 0.289 e. The number of nitrogens with one attached hydrogen (secondary N) is 1. The molecule has 0 fully saturated rings. The van der Waals surface area contributed by atoms with Crippen molar-refractivity contribution >= 4 is 23.8 Å². The zero-order valence-electron chi connectivity index (χ0n) is 4.40. The maximum absolute atomic E-state index is 11.7. The lowest BCUT2D eigenvalue weighted by Gasteiger charge is -1.97. The molecule has 0 atom stereocenters. The fourth-order valence-electron chi connectivity index (χ4n) is 0.350. The normalized spacial score (nSPS) is 11.9. The van der Waals surface area contributed by atoms with Crippen molar-refractivity contribution in [2.24, 2.45) is 0 Å². The molecule has 2 nitrogen and oxygen atoms in total. The van der Waals surface area contributed by atoms with Gasteiger partial charge in [-0.1, -0.05) is 0 Å². The van der Waals surface area contributed by atoms with Crippen LogP contribution in [-0.4, -0.2) is 9.36 Å². The van der Waals surface area contributed by atoms with Crippen LogP contribution in [0.5, 0.6) is 0 Å². The van der Waals surface area contributed by atoms with E-state index in [1.807, 2.05) is 4.37 Å². The second kappa shape index (κ2) is 2.31. The molecule has 56 valence electrons. The van der Waals surface area contributed by atoms with Gasteiger partial charge in [-0.25, -0.2) is 4.98 Å². The molecule has 0 spiro atoms. The monoisotopic (exact) mass is 186 g/mol. The molecular formula is C3HF3N2S2. The second-order valence-electron chi connectivity index (χ2n) is 1.43. The lowest BCUT2D eigenvalue weighted by molar-refractivity contribution is -0.144. The Kier molecular flexibility index (Phi) is 1.78. The molecule has 0 radical (unpaired) electrons. The maximum atomic E-state index is 11.7. The molecule has 0 aliphatic rings. The van der Waals surface area contributed by atoms with Crippen molar-refractivity contribution < 1.29 is 13.2 Å². The average Bonchev–Trinajstić information content (AvgIpc) is 2.11. The zero-order chi connectivity index (χ0) is 7.78. The molecule has 1 N–H and O–H groups in total. The Hall–Kier alpha value is -0.430. The number of halogens is 3. The molecule has 0 amide bonds. The van der Waals surface area contributed by atoms with E-state index in [0.29, 0.717) is 11.5 Å². The largest absolute Gasteiger partial charge is 0.450 e. The van der Waals surface area contributed by atoms with Gasteiger partial charge in [0, 0.05) is 0 Å². The highest BCUT2D eigenvalue weighted by Crippen LogP contribution is 2.26. The maximum Gasteiger partial charge on any atom is 0.450 e. The zero-order valence-corrected chi connectivity index (χ0v) is 6.03. The Morgan fingerprint density at radius 1 is 1.50 bits per heavy atom. The van der Waals surface area contributed by atoms with Gasteiger partial charge < -0.3 is 0 Å². The van der Waals surface area contributed by atoms with Crippen LogP contribution in [0.1, 0.15) is 5.82 Å². The van der Waals surface area contributed by atoms with E-state index in [1.54, 1.807) is 0 Å². The number of hydrogen-bond donors (Lipinski definition) is 1. The minimum absolute atomic E-state index is 0.0349. The van der Waals surface area contributed by atoms with Crippen molar-refractivity contribution in [3.63, 3.8) is 0 Å². The first-order valence-corrected chi connectivity index (χ1v) is 3.35. The first kappa shape index (κ1) is 7.67. The van der Waals surface area contributed by atoms with E-state index in [9.17, 15) is 13.2 Å². The standard InChI is InChI=1S/C3HF3N2S2/c4-3(5,6)1-7-2(9)10-8-1/h(H,7,8,9). The third-order valence-corrected chi connectivity index (χ3v) is 1.61. The number of aromatic amines is 1. The van der Waals surface area contributed by atoms with Crippen LogP contribution in [0, 0.1) is 3.95 Å². The molecule has 0 aliphatic heterocycles. The van der Waals surface area contributed by atoms with E-state index < -0.39 is 12.0 Å². The number of H-pyrrole nitrogens is 1. The van der Waals surface area contributed by atoms with Crippen molar-refractivity contribution in [2.75, 3.05) is 0 Å². The summed E-state index contributed by atoms with van der Waals surface area (Å²) < 4.78 is 36.9. The first-order chi connectivity index (χ1) is 4.50. The highest BCUT2D eigenvalue weighted by molar-refractivity contribution is 7.73. The highest BCUT2D eigenvalue weighted by atomic mass is 32.2. The van der Waals surface area contributed by atoms with Crippen molar-refractivity contribution in [1.82, 2.24) is 9.36 Å². The summed E-state index contributed by atoms with van der Waals surface area (Å²) in [6.45, 7) is 0. The van der Waals surface area contributed by atoms with Gasteiger partial charge in [0.15, 0.2) is 3.95 Å². The molecule has 0 saturated carbocycles. The molecule has 0 aromatic carbocycles. The number of hydrogen-bond acceptors (Lipinski definition) is 3. The molecule has 0 bridgehead atoms. The summed E-state index contributed by atoms with van der Waals surface area (Å²) in [7, 11) is 0. The number of aromatic nitrogens is 2. The van der Waals surface area contributed by atoms with E-state index in [2.05, 4.69) is 17.2 Å². The Morgan fingerprint density at radius 3 is 2.30 bits per heavy atom. The summed E-state index contributed by atoms with van der Waals surface area (Å²) in [5.41, 5.74) is 0. The summed E-state index contributed by atoms with van der Waals surface area (Å²) in [4.78, 5) is 3.03. The summed E-state index contributed by atoms with van der Waals surface area (Å²) in [6.07, 6.45) is -4.41. The summed E-state index contributed by atoms with van der Waals surface area (Å²) in [6, 6.07) is 0. The number of nitrogens with zero attached hydrogens (tertiary/aromatic N) is 1. The van der Waals surface area contributed by atoms with Crippen LogP contribution in [0.4, 0.5) is 13.2 Å². The minimum atomic E-state index is -4.41. The van der Waals surface area contributed by atoms with Gasteiger partial charge in [0.1, 0.15) is 0 Å². The molecule has 1 aromatic rings. The van der Waals surface area contributed by atoms with Gasteiger partial charge in [0.2, 0.25) is 5.82 Å². The topological polar surface area (TPSA) is 28.7 Å². The summed E-state index contributed by atoms with van der Waals surface area (Å²) >= 11 is 5.07. The first-order valence-electron chi connectivity index (χ1n) is 2.13. The van der Waals surface area contributed by atoms with Crippen molar-refractivity contribution in [3.05, 3.63) is 9.78 Å². The van der Waals surface area contributed by atoms with Gasteiger partial charge in [-0.05, 0) is 23.8 Å². The van der Waals surface area contributed by atoms with E-state index in [4.69, 9.17) is 0 Å². The predicted molar refractivity (Wildman–Crippen MR) is 32.3 cm³/mol. The van der Waals surface area contributed by atoms with Gasteiger partial charge in [-0.15, -0.1) is 0 Å². The molecule has 0 aliphatic carbocycles. The molecule has 10 heavy (non-hydrogen) atoms. The number of alkyl halides is 3. The van der Waals surface area contributed by atoms with Crippen LogP contribution < -0.4 is 0 Å². The summed E-state index contributed by atoms with van der Waals surface area (Å²) in [5, 5.41) is 0. The molecular weight excluding hydrogens is 185 g/mol. The van der Waals surface area contributed by atoms with Gasteiger partial charge in [0.25, 0.3) is 0 Å². The second-order valence-corrected chi connectivity index (χ2v) is 2.87. The van der Waals surface area contributed by atoms with Gasteiger partial charge >= 0.3 is 6.18 Å². The van der Waals surface area contributed by atoms with Crippen LogP contribution in [0.25, 0.3) is 0 Å². The third kappa shape index (κ3) is 1.54. The van der Waals surface area contributed by atoms with Crippen molar-refractivity contribution in [2.45, 2.75) is 6.18 Å². The molecule has 7 heteroatoms. The quantitative estimate of drug-likeness (QED) is 0.629. The van der Waals surface area contributed by atoms with Crippen molar-refractivity contribution in [3.8, 4) is 0 Å². The van der Waals surface area contributed by atoms with Gasteiger partial charge in [-0.3, -0.25) is 4.37 Å². The van der Waals surface area contributed by atoms with Crippen LogP contribution >= 0.6 is 23.8 Å². The van der Waals surface area contributed by atoms with Gasteiger partial charge in [-0.2, -0.15) is 13.2 Å². The Balaban J connectivity index is 3.07. The SMILES string of the molecule is FC(F)(F)c1nc(=S)s[nH]1. The van der Waals surface area contributed by atoms with Crippen LogP contribution in [0.2, 0.25) is 0 Å². The molecule has 1 rings (SSSR count). The lowest BCUT2D eigenvalue weighted by atomic mass is 10.6. The average molecular weight is 186 g/mol. The Morgan fingerprint density at radius 2 is 2.10 bits per heavy atom. The van der Waals surface area contributed by atoms with E-state index >= 15 is 0 Å². The van der Waals surface area contributed by atoms with Crippen LogP contribution in [0.3, 0.4) is 0 Å². The van der Waals surface area contributed by atoms with E-state index in [1.165, 1.54) is 0 Å². The van der Waals surface area contributed by atoms with Gasteiger partial charge in [0.05, 0.1) is 0 Å². The minimum Gasteiger partial charge on any atom is -0.289 e. The molecule has 1 heterocycles. The Bertz CT molecular complexity index is 272. The summed E-state index contributed by atoms with van der Waals surface area (Å²) in [5.74, 6) is -1.03.